The van der Waals surface area contributed by atoms with Crippen molar-refractivity contribution in [2.24, 2.45) is 5.41 Å². The minimum atomic E-state index is -1.42. The molecule has 0 amide bonds. The van der Waals surface area contributed by atoms with Crippen molar-refractivity contribution in [3.8, 4) is 5.75 Å². The van der Waals surface area contributed by atoms with Crippen molar-refractivity contribution >= 4 is 11.6 Å². The average molecular weight is 421 g/mol. The summed E-state index contributed by atoms with van der Waals surface area (Å²) in [5, 5.41) is 42.1. The first-order valence-electron chi connectivity index (χ1n) is 9.56. The van der Waals surface area contributed by atoms with E-state index in [9.17, 15) is 20.4 Å². The van der Waals surface area contributed by atoms with E-state index < -0.39 is 29.3 Å². The quantitative estimate of drug-likeness (QED) is 0.586. The fraction of sp³-hybridized carbons (Fsp3) is 0.455. The molecule has 2 bridgehead atoms. The summed E-state index contributed by atoms with van der Waals surface area (Å²) in [5.41, 5.74) is 0.342. The maximum absolute atomic E-state index is 10.8. The zero-order chi connectivity index (χ0) is 20.8. The number of fused-ring (bicyclic) bond motifs is 2. The Morgan fingerprint density at radius 3 is 2.48 bits per heavy atom. The number of benzene rings is 2. The highest BCUT2D eigenvalue weighted by molar-refractivity contribution is 6.31. The lowest BCUT2D eigenvalue weighted by atomic mass is 9.64. The number of aliphatic hydroxyl groups is 4. The molecule has 4 N–H and O–H groups in total. The molecule has 2 aromatic carbocycles. The van der Waals surface area contributed by atoms with Crippen LogP contribution in [0.3, 0.4) is 0 Å². The van der Waals surface area contributed by atoms with Gasteiger partial charge in [-0.2, -0.15) is 0 Å². The first kappa shape index (κ1) is 20.6. The number of halogens is 1. The number of aliphatic hydroxyl groups excluding tert-OH is 4. The molecule has 5 atom stereocenters. The predicted octanol–water partition coefficient (Wildman–Crippen LogP) is 1.63. The van der Waals surface area contributed by atoms with Crippen molar-refractivity contribution in [1.29, 1.82) is 0 Å². The van der Waals surface area contributed by atoms with Crippen molar-refractivity contribution in [2.45, 2.75) is 36.8 Å². The highest BCUT2D eigenvalue weighted by Crippen LogP contribution is 2.55. The van der Waals surface area contributed by atoms with Gasteiger partial charge in [-0.15, -0.1) is 0 Å². The molecule has 0 unspecified atom stereocenters. The Labute approximate surface area is 174 Å². The summed E-state index contributed by atoms with van der Waals surface area (Å²) in [6.07, 6.45) is -3.23. The van der Waals surface area contributed by atoms with Gasteiger partial charge in [-0.3, -0.25) is 0 Å². The molecule has 29 heavy (non-hydrogen) atoms. The van der Waals surface area contributed by atoms with Crippen molar-refractivity contribution in [2.75, 3.05) is 20.3 Å². The molecule has 1 saturated carbocycles. The standard InChI is InChI=1S/C22H25ClO6/c1-28-16-5-2-13(3-6-16)8-14-9-15(4-7-17(14)23)22-10-21(11-24,12-29-22)19(26)18(25)20(22)27/h2-7,9,18-20,24-27H,8,10-12H2,1H3/t18-,19+,20+,21-,22-/m0/s1. The molecule has 0 aromatic heterocycles. The van der Waals surface area contributed by atoms with Crippen LogP contribution >= 0.6 is 11.6 Å². The van der Waals surface area contributed by atoms with Crippen LogP contribution in [-0.2, 0) is 16.8 Å². The number of methoxy groups -OCH3 is 1. The van der Waals surface area contributed by atoms with Gasteiger partial charge in [0.25, 0.3) is 0 Å². The van der Waals surface area contributed by atoms with Crippen LogP contribution in [0.5, 0.6) is 5.75 Å². The second-order valence-electron chi connectivity index (χ2n) is 8.09. The maximum atomic E-state index is 10.8. The topological polar surface area (TPSA) is 99.4 Å². The van der Waals surface area contributed by atoms with Gasteiger partial charge < -0.3 is 29.9 Å². The Morgan fingerprint density at radius 2 is 1.83 bits per heavy atom. The van der Waals surface area contributed by atoms with Crippen LogP contribution in [0.25, 0.3) is 0 Å². The molecule has 156 valence electrons. The van der Waals surface area contributed by atoms with Crippen LogP contribution in [0.15, 0.2) is 42.5 Å². The minimum Gasteiger partial charge on any atom is -0.497 e. The number of hydrogen-bond acceptors (Lipinski definition) is 6. The molecule has 1 aliphatic heterocycles. The molecule has 2 aliphatic rings. The molecule has 0 radical (unpaired) electrons. The predicted molar refractivity (Wildman–Crippen MR) is 107 cm³/mol. The summed E-state index contributed by atoms with van der Waals surface area (Å²) in [5.74, 6) is 0.769. The van der Waals surface area contributed by atoms with Gasteiger partial charge in [-0.25, -0.2) is 0 Å². The van der Waals surface area contributed by atoms with E-state index in [1.54, 1.807) is 19.2 Å². The SMILES string of the molecule is COc1ccc(Cc2cc([C@]34C[C@](CO)(CO3)[C@H](O)[C@H](O)[C@H]4O)ccc2Cl)cc1. The minimum absolute atomic E-state index is 0.0508. The Morgan fingerprint density at radius 1 is 1.10 bits per heavy atom. The second-order valence-corrected chi connectivity index (χ2v) is 8.49. The van der Waals surface area contributed by atoms with E-state index in [2.05, 4.69) is 0 Å². The van der Waals surface area contributed by atoms with E-state index in [4.69, 9.17) is 21.1 Å². The molecule has 2 fully saturated rings. The van der Waals surface area contributed by atoms with Crippen molar-refractivity contribution in [3.63, 3.8) is 0 Å². The first-order valence-corrected chi connectivity index (χ1v) is 9.94. The molecule has 4 rings (SSSR count). The zero-order valence-electron chi connectivity index (χ0n) is 16.1. The number of rotatable bonds is 5. The van der Waals surface area contributed by atoms with Gasteiger partial charge in [0.1, 0.15) is 23.6 Å². The van der Waals surface area contributed by atoms with Crippen molar-refractivity contribution < 1.29 is 29.9 Å². The Balaban J connectivity index is 1.69. The fourth-order valence-corrected chi connectivity index (χ4v) is 4.76. The van der Waals surface area contributed by atoms with Gasteiger partial charge in [0.05, 0.1) is 26.4 Å². The summed E-state index contributed by atoms with van der Waals surface area (Å²) >= 11 is 6.43. The van der Waals surface area contributed by atoms with Gasteiger partial charge in [0, 0.05) is 10.4 Å². The molecular formula is C22H25ClO6. The lowest BCUT2D eigenvalue weighted by molar-refractivity contribution is -0.188. The van der Waals surface area contributed by atoms with Crippen LogP contribution in [0.1, 0.15) is 23.1 Å². The molecule has 1 aliphatic carbocycles. The third kappa shape index (κ3) is 3.24. The van der Waals surface area contributed by atoms with E-state index in [0.717, 1.165) is 16.9 Å². The van der Waals surface area contributed by atoms with Crippen LogP contribution < -0.4 is 4.74 Å². The van der Waals surface area contributed by atoms with Gasteiger partial charge in [-0.05, 0) is 47.7 Å². The van der Waals surface area contributed by atoms with E-state index >= 15 is 0 Å². The van der Waals surface area contributed by atoms with Crippen molar-refractivity contribution in [3.05, 3.63) is 64.2 Å². The van der Waals surface area contributed by atoms with E-state index in [1.807, 2.05) is 30.3 Å². The molecule has 1 heterocycles. The second kappa shape index (κ2) is 7.54. The summed E-state index contributed by atoms with van der Waals surface area (Å²) in [6, 6.07) is 13.1. The van der Waals surface area contributed by atoms with Gasteiger partial charge in [0.2, 0.25) is 0 Å². The number of ether oxygens (including phenoxy) is 2. The third-order valence-electron chi connectivity index (χ3n) is 6.39. The highest BCUT2D eigenvalue weighted by Gasteiger charge is 2.65. The van der Waals surface area contributed by atoms with Gasteiger partial charge in [-0.1, -0.05) is 35.9 Å². The molecule has 2 aromatic rings. The van der Waals surface area contributed by atoms with E-state index in [1.165, 1.54) is 0 Å². The molecular weight excluding hydrogens is 396 g/mol. The van der Waals surface area contributed by atoms with Crippen LogP contribution in [-0.4, -0.2) is 59.1 Å². The summed E-state index contributed by atoms with van der Waals surface area (Å²) < 4.78 is 11.2. The molecule has 7 heteroatoms. The average Bonchev–Trinajstić information content (AvgIpc) is 3.13. The smallest absolute Gasteiger partial charge is 0.122 e. The Hall–Kier alpha value is -1.67. The van der Waals surface area contributed by atoms with Crippen LogP contribution in [0.4, 0.5) is 0 Å². The summed E-state index contributed by atoms with van der Waals surface area (Å²) in [7, 11) is 1.61. The normalized spacial score (nSPS) is 33.7. The van der Waals surface area contributed by atoms with Crippen LogP contribution in [0.2, 0.25) is 5.02 Å². The number of hydrogen-bond donors (Lipinski definition) is 4. The molecule has 0 spiro atoms. The Bertz CT molecular complexity index is 887. The third-order valence-corrected chi connectivity index (χ3v) is 6.76. The summed E-state index contributed by atoms with van der Waals surface area (Å²) in [6.45, 7) is -0.290. The Kier molecular flexibility index (Phi) is 5.36. The van der Waals surface area contributed by atoms with Gasteiger partial charge >= 0.3 is 0 Å². The highest BCUT2D eigenvalue weighted by atomic mass is 35.5. The molecule has 6 nitrogen and oxygen atoms in total. The van der Waals surface area contributed by atoms with Crippen molar-refractivity contribution in [1.82, 2.24) is 0 Å². The lowest BCUT2D eigenvalue weighted by Gasteiger charge is -2.46. The summed E-state index contributed by atoms with van der Waals surface area (Å²) in [4.78, 5) is 0. The van der Waals surface area contributed by atoms with E-state index in [-0.39, 0.29) is 19.6 Å². The lowest BCUT2D eigenvalue weighted by Crippen LogP contribution is -2.60. The monoisotopic (exact) mass is 420 g/mol. The largest absolute Gasteiger partial charge is 0.497 e. The van der Waals surface area contributed by atoms with Gasteiger partial charge in [0.15, 0.2) is 0 Å². The molecule has 1 saturated heterocycles. The zero-order valence-corrected chi connectivity index (χ0v) is 16.8. The fourth-order valence-electron chi connectivity index (χ4n) is 4.58. The van der Waals surface area contributed by atoms with Crippen LogP contribution in [0, 0.1) is 5.41 Å². The van der Waals surface area contributed by atoms with E-state index in [0.29, 0.717) is 17.0 Å². The maximum Gasteiger partial charge on any atom is 0.122 e. The first-order chi connectivity index (χ1) is 13.8.